The van der Waals surface area contributed by atoms with Gasteiger partial charge in [0.1, 0.15) is 0 Å². The number of rotatable bonds is 7. The standard InChI is InChI=1S/C32H24Cl2N2O2/c1-2-38-32(37)24-13-15-29(16-14-24)36-30(22-9-5-3-6-10-22)17-25(31(36)23-11-7-4-8-12-23)21-35-28-19-26(33)18-27(34)20-28/h3-21H,2H2,1H3. The van der Waals surface area contributed by atoms with Crippen molar-refractivity contribution in [2.24, 2.45) is 4.99 Å². The van der Waals surface area contributed by atoms with E-state index >= 15 is 0 Å². The highest BCUT2D eigenvalue weighted by atomic mass is 35.5. The van der Waals surface area contributed by atoms with Crippen molar-refractivity contribution in [3.63, 3.8) is 0 Å². The third-order valence-electron chi connectivity index (χ3n) is 5.98. The third kappa shape index (κ3) is 5.57. The zero-order valence-electron chi connectivity index (χ0n) is 20.6. The Kier molecular flexibility index (Phi) is 7.73. The Hall–Kier alpha value is -4.12. The number of nitrogens with zero attached hydrogens (tertiary/aromatic N) is 2. The fourth-order valence-electron chi connectivity index (χ4n) is 4.33. The number of aromatic nitrogens is 1. The summed E-state index contributed by atoms with van der Waals surface area (Å²) in [5.41, 5.74) is 7.00. The lowest BCUT2D eigenvalue weighted by Gasteiger charge is -2.15. The number of hydrogen-bond donors (Lipinski definition) is 0. The van der Waals surface area contributed by atoms with E-state index in [-0.39, 0.29) is 5.97 Å². The summed E-state index contributed by atoms with van der Waals surface area (Å²) in [6.45, 7) is 2.12. The molecule has 1 aromatic heterocycles. The Bertz CT molecular complexity index is 1570. The molecule has 4 nitrogen and oxygen atoms in total. The molecule has 0 spiro atoms. The van der Waals surface area contributed by atoms with Gasteiger partial charge in [-0.1, -0.05) is 83.9 Å². The molecule has 4 aromatic carbocycles. The zero-order chi connectivity index (χ0) is 26.5. The molecule has 0 atom stereocenters. The number of hydrogen-bond acceptors (Lipinski definition) is 3. The lowest BCUT2D eigenvalue weighted by atomic mass is 10.1. The topological polar surface area (TPSA) is 43.6 Å². The van der Waals surface area contributed by atoms with Crippen LogP contribution in [0.2, 0.25) is 10.0 Å². The molecule has 5 aromatic rings. The molecule has 0 saturated heterocycles. The molecule has 0 unspecified atom stereocenters. The summed E-state index contributed by atoms with van der Waals surface area (Å²) in [5.74, 6) is -0.342. The molecule has 1 heterocycles. The van der Waals surface area contributed by atoms with Gasteiger partial charge in [-0.05, 0) is 66.6 Å². The van der Waals surface area contributed by atoms with Crippen LogP contribution in [0.5, 0.6) is 0 Å². The van der Waals surface area contributed by atoms with Crippen molar-refractivity contribution in [1.29, 1.82) is 0 Å². The van der Waals surface area contributed by atoms with E-state index in [9.17, 15) is 4.79 Å². The molecule has 0 N–H and O–H groups in total. The smallest absolute Gasteiger partial charge is 0.338 e. The first-order chi connectivity index (χ1) is 18.5. The van der Waals surface area contributed by atoms with Crippen molar-refractivity contribution in [3.8, 4) is 28.2 Å². The second-order valence-corrected chi connectivity index (χ2v) is 9.43. The molecule has 188 valence electrons. The maximum Gasteiger partial charge on any atom is 0.338 e. The molecule has 0 aliphatic carbocycles. The van der Waals surface area contributed by atoms with Crippen LogP contribution in [0.15, 0.2) is 114 Å². The van der Waals surface area contributed by atoms with Gasteiger partial charge in [0.15, 0.2) is 0 Å². The summed E-state index contributed by atoms with van der Waals surface area (Å²) < 4.78 is 7.36. The molecule has 6 heteroatoms. The first-order valence-corrected chi connectivity index (χ1v) is 12.9. The minimum atomic E-state index is -0.342. The summed E-state index contributed by atoms with van der Waals surface area (Å²) in [5, 5.41) is 1.05. The number of halogens is 2. The van der Waals surface area contributed by atoms with E-state index in [0.29, 0.717) is 27.9 Å². The quantitative estimate of drug-likeness (QED) is 0.153. The van der Waals surface area contributed by atoms with E-state index < -0.39 is 0 Å². The van der Waals surface area contributed by atoms with Crippen LogP contribution in [-0.4, -0.2) is 23.4 Å². The van der Waals surface area contributed by atoms with Gasteiger partial charge in [0.05, 0.1) is 29.2 Å². The monoisotopic (exact) mass is 538 g/mol. The average Bonchev–Trinajstić information content (AvgIpc) is 3.32. The van der Waals surface area contributed by atoms with Gasteiger partial charge in [0.25, 0.3) is 0 Å². The first-order valence-electron chi connectivity index (χ1n) is 12.2. The molecule has 0 aliphatic rings. The molecule has 0 saturated carbocycles. The van der Waals surface area contributed by atoms with Gasteiger partial charge in [-0.2, -0.15) is 0 Å². The normalized spacial score (nSPS) is 11.1. The van der Waals surface area contributed by atoms with Crippen molar-refractivity contribution in [2.45, 2.75) is 6.92 Å². The van der Waals surface area contributed by atoms with Gasteiger partial charge in [0, 0.05) is 27.5 Å². The van der Waals surface area contributed by atoms with Crippen molar-refractivity contribution < 1.29 is 9.53 Å². The van der Waals surface area contributed by atoms with Gasteiger partial charge in [-0.25, -0.2) is 4.79 Å². The number of aliphatic imine (C=N–C) groups is 1. The highest BCUT2D eigenvalue weighted by Gasteiger charge is 2.19. The Morgan fingerprint density at radius 1 is 0.816 bits per heavy atom. The SMILES string of the molecule is CCOC(=O)c1ccc(-n2c(-c3ccccc3)cc(C=Nc3cc(Cl)cc(Cl)c3)c2-c2ccccc2)cc1. The fraction of sp³-hybridized carbons (Fsp3) is 0.0625. The minimum absolute atomic E-state index is 0.328. The Balaban J connectivity index is 1.72. The van der Waals surface area contributed by atoms with E-state index in [1.165, 1.54) is 0 Å². The lowest BCUT2D eigenvalue weighted by Crippen LogP contribution is -2.05. The summed E-state index contributed by atoms with van der Waals surface area (Å²) in [4.78, 5) is 17.0. The van der Waals surface area contributed by atoms with Crippen LogP contribution in [0.3, 0.4) is 0 Å². The largest absolute Gasteiger partial charge is 0.462 e. The Morgan fingerprint density at radius 3 is 2.03 bits per heavy atom. The van der Waals surface area contributed by atoms with E-state index in [1.54, 1.807) is 37.3 Å². The van der Waals surface area contributed by atoms with Gasteiger partial charge >= 0.3 is 5.97 Å². The number of ether oxygens (including phenoxy) is 1. The van der Waals surface area contributed by atoms with Crippen LogP contribution < -0.4 is 0 Å². The van der Waals surface area contributed by atoms with Crippen LogP contribution in [0, 0.1) is 0 Å². The maximum absolute atomic E-state index is 12.3. The second kappa shape index (κ2) is 11.5. The first kappa shape index (κ1) is 25.5. The Morgan fingerprint density at radius 2 is 1.42 bits per heavy atom. The highest BCUT2D eigenvalue weighted by Crippen LogP contribution is 2.36. The van der Waals surface area contributed by atoms with Gasteiger partial charge in [-0.15, -0.1) is 0 Å². The molecule has 0 radical (unpaired) electrons. The van der Waals surface area contributed by atoms with Crippen LogP contribution in [0.1, 0.15) is 22.8 Å². The number of carbonyl (C=O) groups excluding carboxylic acids is 1. The fourth-order valence-corrected chi connectivity index (χ4v) is 4.84. The summed E-state index contributed by atoms with van der Waals surface area (Å²) in [7, 11) is 0. The summed E-state index contributed by atoms with van der Waals surface area (Å²) in [6, 6.07) is 35.1. The summed E-state index contributed by atoms with van der Waals surface area (Å²) >= 11 is 12.4. The predicted molar refractivity (Wildman–Crippen MR) is 156 cm³/mol. The van der Waals surface area contributed by atoms with Gasteiger partial charge in [0.2, 0.25) is 0 Å². The van der Waals surface area contributed by atoms with Crippen molar-refractivity contribution >= 4 is 41.1 Å². The Labute approximate surface area is 231 Å². The van der Waals surface area contributed by atoms with E-state index in [0.717, 1.165) is 33.8 Å². The van der Waals surface area contributed by atoms with Crippen LogP contribution >= 0.6 is 23.2 Å². The van der Waals surface area contributed by atoms with Gasteiger partial charge < -0.3 is 9.30 Å². The molecule has 0 fully saturated rings. The second-order valence-electron chi connectivity index (χ2n) is 8.55. The van der Waals surface area contributed by atoms with Crippen LogP contribution in [0.4, 0.5) is 5.69 Å². The molecule has 5 rings (SSSR count). The minimum Gasteiger partial charge on any atom is -0.462 e. The molecule has 0 amide bonds. The van der Waals surface area contributed by atoms with Crippen LogP contribution in [-0.2, 0) is 4.74 Å². The van der Waals surface area contributed by atoms with Crippen molar-refractivity contribution in [1.82, 2.24) is 4.57 Å². The third-order valence-corrected chi connectivity index (χ3v) is 6.42. The highest BCUT2D eigenvalue weighted by molar-refractivity contribution is 6.35. The molecule has 0 aliphatic heterocycles. The van der Waals surface area contributed by atoms with Crippen molar-refractivity contribution in [3.05, 3.63) is 130 Å². The van der Waals surface area contributed by atoms with E-state index in [4.69, 9.17) is 32.9 Å². The number of carbonyl (C=O) groups is 1. The molecular formula is C32H24Cl2N2O2. The number of esters is 1. The average molecular weight is 539 g/mol. The molecular weight excluding hydrogens is 515 g/mol. The van der Waals surface area contributed by atoms with E-state index in [2.05, 4.69) is 34.9 Å². The number of benzene rings is 4. The molecule has 38 heavy (non-hydrogen) atoms. The van der Waals surface area contributed by atoms with Crippen LogP contribution in [0.25, 0.3) is 28.2 Å². The van der Waals surface area contributed by atoms with Gasteiger partial charge in [-0.3, -0.25) is 4.99 Å². The lowest BCUT2D eigenvalue weighted by molar-refractivity contribution is 0.0526. The maximum atomic E-state index is 12.3. The van der Waals surface area contributed by atoms with E-state index in [1.807, 2.05) is 54.7 Å². The summed E-state index contributed by atoms with van der Waals surface area (Å²) in [6.07, 6.45) is 1.83. The predicted octanol–water partition coefficient (Wildman–Crippen LogP) is 9.05. The van der Waals surface area contributed by atoms with Crippen molar-refractivity contribution in [2.75, 3.05) is 6.61 Å². The zero-order valence-corrected chi connectivity index (χ0v) is 22.2. The molecule has 0 bridgehead atoms.